The average molecular weight is 256 g/mol. The Morgan fingerprint density at radius 2 is 1.63 bits per heavy atom. The Bertz CT molecular complexity index is 532. The fourth-order valence-electron chi connectivity index (χ4n) is 1.63. The van der Waals surface area contributed by atoms with Gasteiger partial charge in [-0.25, -0.2) is 0 Å². The van der Waals surface area contributed by atoms with Gasteiger partial charge in [0.25, 0.3) is 0 Å². The maximum Gasteiger partial charge on any atom is 0.150 e. The van der Waals surface area contributed by atoms with Crippen molar-refractivity contribution in [1.29, 1.82) is 0 Å². The molecule has 0 fully saturated rings. The van der Waals surface area contributed by atoms with E-state index in [1.54, 1.807) is 18.2 Å². The first-order valence-corrected chi connectivity index (χ1v) is 6.15. The molecule has 2 aromatic carbocycles. The Morgan fingerprint density at radius 3 is 2.32 bits per heavy atom. The largest absolute Gasteiger partial charge is 0.490 e. The summed E-state index contributed by atoms with van der Waals surface area (Å²) in [7, 11) is 0. The Balaban J connectivity index is 1.77. The van der Waals surface area contributed by atoms with Gasteiger partial charge in [0, 0.05) is 5.56 Å². The van der Waals surface area contributed by atoms with Crippen molar-refractivity contribution >= 4 is 6.29 Å². The Labute approximate surface area is 112 Å². The lowest BCUT2D eigenvalue weighted by Crippen LogP contribution is -2.09. The molecular formula is C16H16O3. The smallest absolute Gasteiger partial charge is 0.150 e. The number of carbonyl (C=O) groups excluding carboxylic acids is 1. The first-order chi connectivity index (χ1) is 9.28. The van der Waals surface area contributed by atoms with Gasteiger partial charge < -0.3 is 9.47 Å². The molecule has 0 heterocycles. The average Bonchev–Trinajstić information content (AvgIpc) is 2.46. The molecule has 0 aliphatic carbocycles. The zero-order valence-electron chi connectivity index (χ0n) is 10.8. The van der Waals surface area contributed by atoms with Gasteiger partial charge in [0.05, 0.1) is 0 Å². The summed E-state index contributed by atoms with van der Waals surface area (Å²) >= 11 is 0. The molecule has 0 unspecified atom stereocenters. The van der Waals surface area contributed by atoms with Gasteiger partial charge in [-0.05, 0) is 31.2 Å². The predicted molar refractivity (Wildman–Crippen MR) is 74.0 cm³/mol. The monoisotopic (exact) mass is 256 g/mol. The first kappa shape index (κ1) is 13.1. The van der Waals surface area contributed by atoms with Crippen molar-refractivity contribution in [2.75, 3.05) is 13.2 Å². The quantitative estimate of drug-likeness (QED) is 0.588. The van der Waals surface area contributed by atoms with Crippen molar-refractivity contribution < 1.29 is 14.3 Å². The molecule has 0 saturated heterocycles. The molecule has 0 aromatic heterocycles. The van der Waals surface area contributed by atoms with E-state index in [2.05, 4.69) is 0 Å². The van der Waals surface area contributed by atoms with Crippen LogP contribution in [0.1, 0.15) is 15.9 Å². The number of aldehydes is 1. The first-order valence-electron chi connectivity index (χ1n) is 6.15. The van der Waals surface area contributed by atoms with Crippen LogP contribution in [-0.2, 0) is 0 Å². The maximum absolute atomic E-state index is 10.6. The predicted octanol–water partition coefficient (Wildman–Crippen LogP) is 3.27. The van der Waals surface area contributed by atoms with Gasteiger partial charge >= 0.3 is 0 Å². The molecule has 0 spiro atoms. The zero-order chi connectivity index (χ0) is 13.5. The van der Waals surface area contributed by atoms with Crippen LogP contribution in [0.5, 0.6) is 11.5 Å². The van der Waals surface area contributed by atoms with E-state index in [1.807, 2.05) is 37.3 Å². The van der Waals surface area contributed by atoms with Crippen LogP contribution in [0.2, 0.25) is 0 Å². The van der Waals surface area contributed by atoms with Crippen LogP contribution in [-0.4, -0.2) is 19.5 Å². The second kappa shape index (κ2) is 6.59. The molecule has 0 saturated carbocycles. The molecule has 3 heteroatoms. The van der Waals surface area contributed by atoms with E-state index in [9.17, 15) is 4.79 Å². The molecule has 2 rings (SSSR count). The van der Waals surface area contributed by atoms with Crippen molar-refractivity contribution in [3.8, 4) is 11.5 Å². The molecule has 0 N–H and O–H groups in total. The number of rotatable bonds is 6. The summed E-state index contributed by atoms with van der Waals surface area (Å²) in [6.07, 6.45) is 0.801. The van der Waals surface area contributed by atoms with E-state index < -0.39 is 0 Å². The van der Waals surface area contributed by atoms with Gasteiger partial charge in [-0.15, -0.1) is 0 Å². The van der Waals surface area contributed by atoms with Crippen LogP contribution in [0.15, 0.2) is 48.5 Å². The lowest BCUT2D eigenvalue weighted by atomic mass is 10.2. The summed E-state index contributed by atoms with van der Waals surface area (Å²) in [6, 6.07) is 14.9. The highest BCUT2D eigenvalue weighted by Crippen LogP contribution is 2.13. The maximum atomic E-state index is 10.6. The Morgan fingerprint density at radius 1 is 0.947 bits per heavy atom. The minimum absolute atomic E-state index is 0.441. The van der Waals surface area contributed by atoms with Crippen LogP contribution in [0, 0.1) is 6.92 Å². The number of hydrogen-bond acceptors (Lipinski definition) is 3. The van der Waals surface area contributed by atoms with E-state index in [0.29, 0.717) is 24.5 Å². The number of ether oxygens (including phenoxy) is 2. The van der Waals surface area contributed by atoms with E-state index in [4.69, 9.17) is 9.47 Å². The summed E-state index contributed by atoms with van der Waals surface area (Å²) in [5, 5.41) is 0. The number of hydrogen-bond donors (Lipinski definition) is 0. The molecular weight excluding hydrogens is 240 g/mol. The van der Waals surface area contributed by atoms with Crippen molar-refractivity contribution in [3.05, 3.63) is 59.7 Å². The Kier molecular flexibility index (Phi) is 4.56. The molecule has 0 aliphatic heterocycles. The summed E-state index contributed by atoms with van der Waals surface area (Å²) in [4.78, 5) is 10.6. The van der Waals surface area contributed by atoms with Gasteiger partial charge in [-0.3, -0.25) is 4.79 Å². The van der Waals surface area contributed by atoms with Crippen LogP contribution < -0.4 is 9.47 Å². The molecule has 0 radical (unpaired) electrons. The highest BCUT2D eigenvalue weighted by atomic mass is 16.5. The van der Waals surface area contributed by atoms with Crippen LogP contribution in [0.4, 0.5) is 0 Å². The second-order valence-corrected chi connectivity index (χ2v) is 4.20. The number of benzene rings is 2. The minimum Gasteiger partial charge on any atom is -0.490 e. The van der Waals surface area contributed by atoms with Gasteiger partial charge in [-0.1, -0.05) is 29.8 Å². The third-order valence-electron chi connectivity index (χ3n) is 2.64. The van der Waals surface area contributed by atoms with Crippen molar-refractivity contribution in [1.82, 2.24) is 0 Å². The molecule has 3 nitrogen and oxygen atoms in total. The lowest BCUT2D eigenvalue weighted by molar-refractivity contribution is 0.112. The summed E-state index contributed by atoms with van der Waals surface area (Å²) in [5.41, 5.74) is 1.81. The molecule has 0 bridgehead atoms. The molecule has 0 aliphatic rings. The van der Waals surface area contributed by atoms with E-state index in [-0.39, 0.29) is 0 Å². The van der Waals surface area contributed by atoms with Gasteiger partial charge in [0.2, 0.25) is 0 Å². The SMILES string of the molecule is Cc1ccc(OCCOc2cccc(C=O)c2)cc1. The van der Waals surface area contributed by atoms with Crippen molar-refractivity contribution in [3.63, 3.8) is 0 Å². The molecule has 0 atom stereocenters. The summed E-state index contributed by atoms with van der Waals surface area (Å²) < 4.78 is 11.1. The fraction of sp³-hybridized carbons (Fsp3) is 0.188. The lowest BCUT2D eigenvalue weighted by Gasteiger charge is -2.08. The van der Waals surface area contributed by atoms with Crippen molar-refractivity contribution in [2.24, 2.45) is 0 Å². The van der Waals surface area contributed by atoms with Crippen molar-refractivity contribution in [2.45, 2.75) is 6.92 Å². The van der Waals surface area contributed by atoms with Gasteiger partial charge in [0.15, 0.2) is 0 Å². The van der Waals surface area contributed by atoms with Crippen LogP contribution >= 0.6 is 0 Å². The van der Waals surface area contributed by atoms with Gasteiger partial charge in [-0.2, -0.15) is 0 Å². The van der Waals surface area contributed by atoms with E-state index in [1.165, 1.54) is 5.56 Å². The Hall–Kier alpha value is -2.29. The fourth-order valence-corrected chi connectivity index (χ4v) is 1.63. The third kappa shape index (κ3) is 4.14. The molecule has 98 valence electrons. The normalized spacial score (nSPS) is 9.95. The van der Waals surface area contributed by atoms with E-state index >= 15 is 0 Å². The zero-order valence-corrected chi connectivity index (χ0v) is 10.8. The van der Waals surface area contributed by atoms with Crippen LogP contribution in [0.3, 0.4) is 0 Å². The summed E-state index contributed by atoms with van der Waals surface area (Å²) in [5.74, 6) is 1.51. The number of carbonyl (C=O) groups is 1. The topological polar surface area (TPSA) is 35.5 Å². The second-order valence-electron chi connectivity index (χ2n) is 4.20. The molecule has 0 amide bonds. The third-order valence-corrected chi connectivity index (χ3v) is 2.64. The minimum atomic E-state index is 0.441. The van der Waals surface area contributed by atoms with E-state index in [0.717, 1.165) is 12.0 Å². The standard InChI is InChI=1S/C16H16O3/c1-13-5-7-15(8-6-13)18-9-10-19-16-4-2-3-14(11-16)12-17/h2-8,11-12H,9-10H2,1H3. The highest BCUT2D eigenvalue weighted by Gasteiger charge is 1.97. The summed E-state index contributed by atoms with van der Waals surface area (Å²) in [6.45, 7) is 2.94. The number of aryl methyl sites for hydroxylation is 1. The van der Waals surface area contributed by atoms with Crippen LogP contribution in [0.25, 0.3) is 0 Å². The molecule has 19 heavy (non-hydrogen) atoms. The van der Waals surface area contributed by atoms with Gasteiger partial charge in [0.1, 0.15) is 31.0 Å². The molecule has 2 aromatic rings. The highest BCUT2D eigenvalue weighted by molar-refractivity contribution is 5.75.